The minimum atomic E-state index is -1.09. The molecule has 1 heterocycles. The number of carboxylic acids is 1. The molecule has 0 aliphatic heterocycles. The average Bonchev–Trinajstić information content (AvgIpc) is 3.26. The lowest BCUT2D eigenvalue weighted by atomic mass is 10.0. The fraction of sp³-hybridized carbons (Fsp3) is 0.227. The fourth-order valence-corrected chi connectivity index (χ4v) is 3.77. The van der Waals surface area contributed by atoms with Crippen LogP contribution >= 0.6 is 11.8 Å². The van der Waals surface area contributed by atoms with Crippen LogP contribution in [0.2, 0.25) is 0 Å². The molecule has 0 fully saturated rings. The van der Waals surface area contributed by atoms with Crippen LogP contribution in [0.3, 0.4) is 0 Å². The van der Waals surface area contributed by atoms with Crippen molar-refractivity contribution in [2.45, 2.75) is 35.8 Å². The first-order valence-electron chi connectivity index (χ1n) is 9.54. The van der Waals surface area contributed by atoms with E-state index in [0.717, 1.165) is 21.8 Å². The summed E-state index contributed by atoms with van der Waals surface area (Å²) in [6.45, 7) is 0. The standard InChI is InChI=1S/C22H24N4O3S/c23-18(12-15-5-2-1-3-6-15)20(27)26-19(21(28)29)13-16-7-4-8-17(11-16)14-30-22-24-9-10-25-22/h1-11,18-19H,12-14,23H2,(H,24,25)(H,26,27)(H,28,29). The third-order valence-electron chi connectivity index (χ3n) is 4.53. The van der Waals surface area contributed by atoms with Gasteiger partial charge in [0.25, 0.3) is 0 Å². The summed E-state index contributed by atoms with van der Waals surface area (Å²) in [7, 11) is 0. The maximum atomic E-state index is 12.4. The van der Waals surface area contributed by atoms with Crippen molar-refractivity contribution >= 4 is 23.6 Å². The smallest absolute Gasteiger partial charge is 0.326 e. The Labute approximate surface area is 179 Å². The number of carboxylic acid groups (broad SMARTS) is 1. The molecule has 1 aromatic heterocycles. The lowest BCUT2D eigenvalue weighted by molar-refractivity contribution is -0.141. The van der Waals surface area contributed by atoms with Crippen molar-refractivity contribution in [3.05, 3.63) is 83.7 Å². The molecule has 3 rings (SSSR count). The Morgan fingerprint density at radius 2 is 1.80 bits per heavy atom. The van der Waals surface area contributed by atoms with E-state index in [1.54, 1.807) is 24.2 Å². The van der Waals surface area contributed by atoms with Crippen molar-refractivity contribution in [2.24, 2.45) is 5.73 Å². The highest BCUT2D eigenvalue weighted by Gasteiger charge is 2.24. The van der Waals surface area contributed by atoms with Gasteiger partial charge in [-0.05, 0) is 23.1 Å². The maximum absolute atomic E-state index is 12.4. The lowest BCUT2D eigenvalue weighted by Crippen LogP contribution is -2.50. The third kappa shape index (κ3) is 6.47. The highest BCUT2D eigenvalue weighted by molar-refractivity contribution is 7.98. The van der Waals surface area contributed by atoms with Gasteiger partial charge in [0, 0.05) is 24.6 Å². The number of aromatic nitrogens is 2. The molecular formula is C22H24N4O3S. The van der Waals surface area contributed by atoms with Crippen LogP contribution < -0.4 is 11.1 Å². The SMILES string of the molecule is NC(Cc1ccccc1)C(=O)NC(Cc1cccc(CSc2ncc[nH]2)c1)C(=O)O. The Morgan fingerprint density at radius 1 is 1.07 bits per heavy atom. The highest BCUT2D eigenvalue weighted by atomic mass is 32.2. The van der Waals surface area contributed by atoms with Crippen molar-refractivity contribution in [3.63, 3.8) is 0 Å². The van der Waals surface area contributed by atoms with E-state index in [-0.39, 0.29) is 6.42 Å². The first-order valence-corrected chi connectivity index (χ1v) is 10.5. The summed E-state index contributed by atoms with van der Waals surface area (Å²) in [5.41, 5.74) is 8.79. The monoisotopic (exact) mass is 424 g/mol. The van der Waals surface area contributed by atoms with E-state index in [1.165, 1.54) is 0 Å². The van der Waals surface area contributed by atoms with E-state index >= 15 is 0 Å². The molecule has 7 nitrogen and oxygen atoms in total. The molecule has 0 saturated heterocycles. The topological polar surface area (TPSA) is 121 Å². The number of hydrogen-bond donors (Lipinski definition) is 4. The average molecular weight is 425 g/mol. The van der Waals surface area contributed by atoms with Crippen LogP contribution in [-0.4, -0.2) is 39.0 Å². The number of rotatable bonds is 10. The van der Waals surface area contributed by atoms with Crippen LogP contribution in [0.25, 0.3) is 0 Å². The number of H-pyrrole nitrogens is 1. The van der Waals surface area contributed by atoms with Crippen LogP contribution in [-0.2, 0) is 28.2 Å². The zero-order valence-corrected chi connectivity index (χ0v) is 17.1. The summed E-state index contributed by atoms with van der Waals surface area (Å²) >= 11 is 1.56. The number of nitrogens with zero attached hydrogens (tertiary/aromatic N) is 1. The van der Waals surface area contributed by atoms with Gasteiger partial charge in [-0.1, -0.05) is 66.4 Å². The number of benzene rings is 2. The van der Waals surface area contributed by atoms with Gasteiger partial charge < -0.3 is 21.1 Å². The van der Waals surface area contributed by atoms with Crippen molar-refractivity contribution in [2.75, 3.05) is 0 Å². The molecule has 2 aromatic carbocycles. The quantitative estimate of drug-likeness (QED) is 0.371. The molecule has 5 N–H and O–H groups in total. The first kappa shape index (κ1) is 21.6. The lowest BCUT2D eigenvalue weighted by Gasteiger charge is -2.18. The van der Waals surface area contributed by atoms with Crippen LogP contribution in [0.15, 0.2) is 72.1 Å². The summed E-state index contributed by atoms with van der Waals surface area (Å²) in [5, 5.41) is 13.0. The van der Waals surface area contributed by atoms with Gasteiger partial charge in [-0.2, -0.15) is 0 Å². The van der Waals surface area contributed by atoms with Crippen molar-refractivity contribution in [3.8, 4) is 0 Å². The molecule has 0 bridgehead atoms. The van der Waals surface area contributed by atoms with Crippen LogP contribution in [0, 0.1) is 0 Å². The van der Waals surface area contributed by atoms with E-state index in [1.807, 2.05) is 54.6 Å². The number of aliphatic carboxylic acids is 1. The largest absolute Gasteiger partial charge is 0.480 e. The van der Waals surface area contributed by atoms with E-state index in [2.05, 4.69) is 15.3 Å². The minimum Gasteiger partial charge on any atom is -0.480 e. The Balaban J connectivity index is 1.59. The van der Waals surface area contributed by atoms with Gasteiger partial charge in [0.05, 0.1) is 6.04 Å². The van der Waals surface area contributed by atoms with E-state index in [9.17, 15) is 14.7 Å². The van der Waals surface area contributed by atoms with Crippen LogP contribution in [0.1, 0.15) is 16.7 Å². The molecule has 3 aromatic rings. The van der Waals surface area contributed by atoms with Gasteiger partial charge in [-0.3, -0.25) is 4.79 Å². The van der Waals surface area contributed by atoms with E-state index < -0.39 is 24.0 Å². The predicted molar refractivity (Wildman–Crippen MR) is 116 cm³/mol. The molecule has 2 unspecified atom stereocenters. The zero-order valence-electron chi connectivity index (χ0n) is 16.3. The van der Waals surface area contributed by atoms with Gasteiger partial charge in [0.15, 0.2) is 5.16 Å². The molecule has 30 heavy (non-hydrogen) atoms. The van der Waals surface area contributed by atoms with Crippen LogP contribution in [0.5, 0.6) is 0 Å². The number of nitrogens with one attached hydrogen (secondary N) is 2. The summed E-state index contributed by atoms with van der Waals surface area (Å²) < 4.78 is 0. The number of carbonyl (C=O) groups is 2. The van der Waals surface area contributed by atoms with Crippen molar-refractivity contribution < 1.29 is 14.7 Å². The number of thioether (sulfide) groups is 1. The number of aromatic amines is 1. The van der Waals surface area contributed by atoms with Gasteiger partial charge in [-0.15, -0.1) is 0 Å². The molecule has 0 aliphatic carbocycles. The van der Waals surface area contributed by atoms with Crippen LogP contribution in [0.4, 0.5) is 0 Å². The second-order valence-corrected chi connectivity index (χ2v) is 7.87. The Hall–Kier alpha value is -3.10. The third-order valence-corrected chi connectivity index (χ3v) is 5.50. The molecule has 0 aliphatic rings. The van der Waals surface area contributed by atoms with Gasteiger partial charge in [0.1, 0.15) is 6.04 Å². The molecule has 1 amide bonds. The molecule has 156 valence electrons. The second kappa shape index (κ2) is 10.6. The van der Waals surface area contributed by atoms with Crippen molar-refractivity contribution in [1.29, 1.82) is 0 Å². The summed E-state index contributed by atoms with van der Waals surface area (Å²) in [6.07, 6.45) is 3.99. The maximum Gasteiger partial charge on any atom is 0.326 e. The van der Waals surface area contributed by atoms with Gasteiger partial charge >= 0.3 is 5.97 Å². The Morgan fingerprint density at radius 3 is 2.50 bits per heavy atom. The Kier molecular flexibility index (Phi) is 7.64. The molecule has 0 saturated carbocycles. The number of amides is 1. The van der Waals surface area contributed by atoms with Crippen molar-refractivity contribution in [1.82, 2.24) is 15.3 Å². The first-order chi connectivity index (χ1) is 14.5. The molecule has 8 heteroatoms. The predicted octanol–water partition coefficient (Wildman–Crippen LogP) is 2.38. The van der Waals surface area contributed by atoms with Gasteiger partial charge in [-0.25, -0.2) is 9.78 Å². The summed E-state index contributed by atoms with van der Waals surface area (Å²) in [4.78, 5) is 31.4. The summed E-state index contributed by atoms with van der Waals surface area (Å²) in [6, 6.07) is 15.2. The highest BCUT2D eigenvalue weighted by Crippen LogP contribution is 2.20. The molecule has 0 spiro atoms. The number of imidazole rings is 1. The van der Waals surface area contributed by atoms with E-state index in [4.69, 9.17) is 5.73 Å². The zero-order chi connectivity index (χ0) is 21.3. The molecule has 2 atom stereocenters. The summed E-state index contributed by atoms with van der Waals surface area (Å²) in [5.74, 6) is -0.866. The van der Waals surface area contributed by atoms with E-state index in [0.29, 0.717) is 12.2 Å². The minimum absolute atomic E-state index is 0.179. The fourth-order valence-electron chi connectivity index (χ4n) is 3.00. The Bertz CT molecular complexity index is 964. The number of carbonyl (C=O) groups excluding carboxylic acids is 1. The number of nitrogens with two attached hydrogens (primary N) is 1. The normalized spacial score (nSPS) is 12.8. The molecule has 0 radical (unpaired) electrons. The molecular weight excluding hydrogens is 400 g/mol. The second-order valence-electron chi connectivity index (χ2n) is 6.90. The number of hydrogen-bond acceptors (Lipinski definition) is 5. The van der Waals surface area contributed by atoms with Gasteiger partial charge in [0.2, 0.25) is 5.91 Å².